The van der Waals surface area contributed by atoms with Crippen LogP contribution in [0.2, 0.25) is 0 Å². The van der Waals surface area contributed by atoms with E-state index in [1.165, 1.54) is 0 Å². The van der Waals surface area contributed by atoms with Crippen LogP contribution in [0.3, 0.4) is 0 Å². The van der Waals surface area contributed by atoms with Gasteiger partial charge in [0.05, 0.1) is 4.83 Å². The maximum atomic E-state index is 11.7. The highest BCUT2D eigenvalue weighted by Crippen LogP contribution is 2.22. The van der Waals surface area contributed by atoms with Crippen molar-refractivity contribution in [3.05, 3.63) is 29.6 Å². The van der Waals surface area contributed by atoms with E-state index in [9.17, 15) is 4.79 Å². The molecule has 1 unspecified atom stereocenters. The van der Waals surface area contributed by atoms with Gasteiger partial charge in [0.1, 0.15) is 5.69 Å². The Hall–Kier alpha value is -0.700. The fourth-order valence-corrected chi connectivity index (χ4v) is 2.15. The average molecular weight is 240 g/mol. The van der Waals surface area contributed by atoms with Crippen LogP contribution in [-0.4, -0.2) is 15.6 Å². The van der Waals surface area contributed by atoms with Gasteiger partial charge in [0.15, 0.2) is 5.78 Å². The van der Waals surface area contributed by atoms with Gasteiger partial charge in [-0.1, -0.05) is 22.0 Å². The third kappa shape index (κ3) is 1.66. The molecule has 1 aromatic heterocycles. The number of aryl methyl sites for hydroxylation is 1. The summed E-state index contributed by atoms with van der Waals surface area (Å²) in [6, 6.07) is 3.88. The number of hydrogen-bond acceptors (Lipinski definition) is 2. The Labute approximate surface area is 85.5 Å². The normalized spacial score (nSPS) is 22.2. The van der Waals surface area contributed by atoms with E-state index in [-0.39, 0.29) is 10.6 Å². The molecule has 0 N–H and O–H groups in total. The van der Waals surface area contributed by atoms with Gasteiger partial charge in [0.25, 0.3) is 0 Å². The van der Waals surface area contributed by atoms with Crippen LogP contribution in [0.1, 0.15) is 28.9 Å². The zero-order valence-corrected chi connectivity index (χ0v) is 8.75. The van der Waals surface area contributed by atoms with Crippen molar-refractivity contribution in [2.24, 2.45) is 0 Å². The number of ketones is 1. The molecule has 1 aliphatic rings. The predicted molar refractivity (Wildman–Crippen MR) is 54.2 cm³/mol. The van der Waals surface area contributed by atoms with E-state index in [0.717, 1.165) is 24.8 Å². The number of Topliss-reactive ketones (excluding diaryl/α,β-unsaturated/α-hetero) is 1. The van der Waals surface area contributed by atoms with Gasteiger partial charge in [-0.15, -0.1) is 0 Å². The predicted octanol–water partition coefficient (Wildman–Crippen LogP) is 2.36. The summed E-state index contributed by atoms with van der Waals surface area (Å²) in [6.07, 6.45) is 4.62. The summed E-state index contributed by atoms with van der Waals surface area (Å²) in [6.45, 7) is 0. The van der Waals surface area contributed by atoms with Gasteiger partial charge in [-0.3, -0.25) is 9.78 Å². The lowest BCUT2D eigenvalue weighted by Gasteiger charge is -2.03. The van der Waals surface area contributed by atoms with Crippen LogP contribution in [0, 0.1) is 0 Å². The molecule has 0 amide bonds. The van der Waals surface area contributed by atoms with Crippen molar-refractivity contribution in [2.45, 2.75) is 24.1 Å². The van der Waals surface area contributed by atoms with E-state index in [1.807, 2.05) is 12.1 Å². The minimum atomic E-state index is -0.0383. The van der Waals surface area contributed by atoms with Crippen LogP contribution in [0.25, 0.3) is 0 Å². The molecule has 0 aliphatic heterocycles. The van der Waals surface area contributed by atoms with E-state index in [4.69, 9.17) is 0 Å². The smallest absolute Gasteiger partial charge is 0.195 e. The summed E-state index contributed by atoms with van der Waals surface area (Å²) in [5.41, 5.74) is 1.75. The number of fused-ring (bicyclic) bond motifs is 1. The number of pyridine rings is 1. The van der Waals surface area contributed by atoms with Gasteiger partial charge in [-0.25, -0.2) is 0 Å². The Morgan fingerprint density at radius 1 is 1.54 bits per heavy atom. The lowest BCUT2D eigenvalue weighted by atomic mass is 10.1. The van der Waals surface area contributed by atoms with E-state index in [2.05, 4.69) is 20.9 Å². The summed E-state index contributed by atoms with van der Waals surface area (Å²) >= 11 is 3.38. The molecule has 1 atom stereocenters. The SMILES string of the molecule is O=C1c2ncccc2CCCC1Br. The molecule has 0 saturated carbocycles. The van der Waals surface area contributed by atoms with Gasteiger partial charge in [0.2, 0.25) is 0 Å². The van der Waals surface area contributed by atoms with Crippen LogP contribution >= 0.6 is 15.9 Å². The van der Waals surface area contributed by atoms with Crippen molar-refractivity contribution < 1.29 is 4.79 Å². The maximum absolute atomic E-state index is 11.7. The average Bonchev–Trinajstić information content (AvgIpc) is 2.29. The van der Waals surface area contributed by atoms with Crippen LogP contribution in [0.15, 0.2) is 18.3 Å². The van der Waals surface area contributed by atoms with E-state index in [0.29, 0.717) is 5.69 Å². The molecule has 2 rings (SSSR count). The van der Waals surface area contributed by atoms with Gasteiger partial charge in [0, 0.05) is 6.20 Å². The fourth-order valence-electron chi connectivity index (χ4n) is 1.61. The van der Waals surface area contributed by atoms with Crippen molar-refractivity contribution >= 4 is 21.7 Å². The molecule has 2 nitrogen and oxygen atoms in total. The number of alkyl halides is 1. The number of hydrogen-bond donors (Lipinski definition) is 0. The van der Waals surface area contributed by atoms with E-state index in [1.54, 1.807) is 6.20 Å². The van der Waals surface area contributed by atoms with Crippen LogP contribution in [0.5, 0.6) is 0 Å². The Morgan fingerprint density at radius 3 is 3.23 bits per heavy atom. The molecule has 13 heavy (non-hydrogen) atoms. The Morgan fingerprint density at radius 2 is 2.38 bits per heavy atom. The summed E-state index contributed by atoms with van der Waals surface area (Å²) in [5.74, 6) is 0.133. The second kappa shape index (κ2) is 3.58. The zero-order valence-electron chi connectivity index (χ0n) is 7.16. The molecule has 0 fully saturated rings. The van der Waals surface area contributed by atoms with Crippen molar-refractivity contribution in [3.63, 3.8) is 0 Å². The second-order valence-electron chi connectivity index (χ2n) is 3.24. The number of carbonyl (C=O) groups excluding carboxylic acids is 1. The lowest BCUT2D eigenvalue weighted by Crippen LogP contribution is -2.14. The van der Waals surface area contributed by atoms with Crippen molar-refractivity contribution in [3.8, 4) is 0 Å². The first kappa shape index (κ1) is 8.88. The number of rotatable bonds is 0. The van der Waals surface area contributed by atoms with Crippen molar-refractivity contribution in [1.29, 1.82) is 0 Å². The Balaban J connectivity index is 2.46. The third-order valence-corrected chi connectivity index (χ3v) is 3.19. The molecule has 1 heterocycles. The molecule has 0 aromatic carbocycles. The quantitative estimate of drug-likeness (QED) is 0.514. The summed E-state index contributed by atoms with van der Waals surface area (Å²) < 4.78 is 0. The standard InChI is InChI=1S/C10H10BrNO/c11-8-5-1-3-7-4-2-6-12-9(7)10(8)13/h2,4,6,8H,1,3,5H2. The molecule has 0 saturated heterocycles. The number of nitrogens with zero attached hydrogens (tertiary/aromatic N) is 1. The molecule has 3 heteroatoms. The Bertz CT molecular complexity index is 337. The highest BCUT2D eigenvalue weighted by Gasteiger charge is 2.23. The third-order valence-electron chi connectivity index (χ3n) is 2.31. The molecular weight excluding hydrogens is 230 g/mol. The summed E-state index contributed by atoms with van der Waals surface area (Å²) in [7, 11) is 0. The van der Waals surface area contributed by atoms with E-state index < -0.39 is 0 Å². The molecule has 1 aliphatic carbocycles. The van der Waals surface area contributed by atoms with E-state index >= 15 is 0 Å². The molecule has 1 aromatic rings. The number of halogens is 1. The molecule has 0 spiro atoms. The molecule has 0 radical (unpaired) electrons. The minimum absolute atomic E-state index is 0.0383. The largest absolute Gasteiger partial charge is 0.291 e. The first-order valence-corrected chi connectivity index (χ1v) is 5.33. The highest BCUT2D eigenvalue weighted by molar-refractivity contribution is 9.10. The molecule has 0 bridgehead atoms. The molecule has 68 valence electrons. The monoisotopic (exact) mass is 239 g/mol. The molecular formula is C10H10BrNO. The first-order valence-electron chi connectivity index (χ1n) is 4.41. The van der Waals surface area contributed by atoms with Crippen LogP contribution in [0.4, 0.5) is 0 Å². The summed E-state index contributed by atoms with van der Waals surface area (Å²) in [5, 5.41) is 0. The number of aromatic nitrogens is 1. The van der Waals surface area contributed by atoms with Gasteiger partial charge in [-0.2, -0.15) is 0 Å². The van der Waals surface area contributed by atoms with Crippen molar-refractivity contribution in [2.75, 3.05) is 0 Å². The number of carbonyl (C=O) groups is 1. The minimum Gasteiger partial charge on any atom is -0.291 e. The van der Waals surface area contributed by atoms with Crippen LogP contribution < -0.4 is 0 Å². The van der Waals surface area contributed by atoms with Crippen LogP contribution in [-0.2, 0) is 6.42 Å². The highest BCUT2D eigenvalue weighted by atomic mass is 79.9. The fraction of sp³-hybridized carbons (Fsp3) is 0.400. The summed E-state index contributed by atoms with van der Waals surface area (Å²) in [4.78, 5) is 15.8. The first-order chi connectivity index (χ1) is 6.29. The van der Waals surface area contributed by atoms with Gasteiger partial charge < -0.3 is 0 Å². The lowest BCUT2D eigenvalue weighted by molar-refractivity contribution is 0.0986. The Kier molecular flexibility index (Phi) is 2.44. The van der Waals surface area contributed by atoms with Gasteiger partial charge >= 0.3 is 0 Å². The zero-order chi connectivity index (χ0) is 9.26. The topological polar surface area (TPSA) is 30.0 Å². The van der Waals surface area contributed by atoms with Gasteiger partial charge in [-0.05, 0) is 30.9 Å². The second-order valence-corrected chi connectivity index (χ2v) is 4.34. The van der Waals surface area contributed by atoms with Crippen molar-refractivity contribution in [1.82, 2.24) is 4.98 Å². The maximum Gasteiger partial charge on any atom is 0.195 e.